The molecule has 0 saturated carbocycles. The van der Waals surface area contributed by atoms with Crippen LogP contribution in [0, 0.1) is 5.41 Å². The summed E-state index contributed by atoms with van der Waals surface area (Å²) in [6, 6.07) is 13.0. The number of unbranched alkanes of at least 4 members (excludes halogenated alkanes) is 1. The van der Waals surface area contributed by atoms with Gasteiger partial charge in [-0.1, -0.05) is 42.5 Å². The second-order valence-electron chi connectivity index (χ2n) is 9.11. The second kappa shape index (κ2) is 13.9. The molecule has 1 saturated heterocycles. The smallest absolute Gasteiger partial charge is 0.326 e. The van der Waals surface area contributed by atoms with E-state index < -0.39 is 34.0 Å². The van der Waals surface area contributed by atoms with Gasteiger partial charge < -0.3 is 26.2 Å². The van der Waals surface area contributed by atoms with Crippen LogP contribution in [0.1, 0.15) is 36.8 Å². The van der Waals surface area contributed by atoms with E-state index in [0.717, 1.165) is 28.3 Å². The molecule has 2 atom stereocenters. The number of nitrogens with zero attached hydrogens (tertiary/aromatic N) is 1. The van der Waals surface area contributed by atoms with Crippen LogP contribution in [0.5, 0.6) is 0 Å². The fraction of sp³-hybridized carbons (Fsp3) is 0.423. The van der Waals surface area contributed by atoms with Crippen LogP contribution in [0.25, 0.3) is 0 Å². The Labute approximate surface area is 222 Å². The summed E-state index contributed by atoms with van der Waals surface area (Å²) in [6.45, 7) is 1.79. The number of sulfonamides is 1. The maximum absolute atomic E-state index is 13.1. The van der Waals surface area contributed by atoms with Crippen LogP contribution in [0.15, 0.2) is 59.5 Å². The number of rotatable bonds is 14. The lowest BCUT2D eigenvalue weighted by molar-refractivity contribution is -0.142. The van der Waals surface area contributed by atoms with Gasteiger partial charge in [0.25, 0.3) is 0 Å². The number of nitrogens with two attached hydrogens (primary N) is 1. The number of ether oxygens (including phenoxy) is 1. The number of carboxylic acid groups (broad SMARTS) is 1. The Morgan fingerprint density at radius 1 is 1.11 bits per heavy atom. The molecule has 11 nitrogen and oxygen atoms in total. The van der Waals surface area contributed by atoms with Crippen molar-refractivity contribution < 1.29 is 27.9 Å². The largest absolute Gasteiger partial charge is 0.480 e. The average molecular weight is 546 g/mol. The number of guanidine groups is 1. The first kappa shape index (κ1) is 29.1. The monoisotopic (exact) mass is 545 g/mol. The van der Waals surface area contributed by atoms with Gasteiger partial charge in [0.05, 0.1) is 11.5 Å². The molecule has 2 aromatic rings. The van der Waals surface area contributed by atoms with Crippen molar-refractivity contribution in [1.82, 2.24) is 14.9 Å². The predicted molar refractivity (Wildman–Crippen MR) is 142 cm³/mol. The minimum absolute atomic E-state index is 0.0489. The van der Waals surface area contributed by atoms with Crippen molar-refractivity contribution in [2.24, 2.45) is 5.73 Å². The number of hydrogen-bond acceptors (Lipinski definition) is 6. The first-order valence-electron chi connectivity index (χ1n) is 12.5. The lowest BCUT2D eigenvalue weighted by atomic mass is 10.0. The minimum atomic E-state index is -3.87. The van der Waals surface area contributed by atoms with Crippen molar-refractivity contribution in [2.45, 2.75) is 55.7 Å². The molecule has 1 aliphatic heterocycles. The molecule has 0 radical (unpaired) electrons. The van der Waals surface area contributed by atoms with Gasteiger partial charge in [0.2, 0.25) is 15.9 Å². The number of hydrogen-bond donors (Lipinski definition) is 5. The van der Waals surface area contributed by atoms with E-state index in [0.29, 0.717) is 32.6 Å². The highest BCUT2D eigenvalue weighted by molar-refractivity contribution is 7.89. The van der Waals surface area contributed by atoms with Crippen LogP contribution in [-0.2, 0) is 37.4 Å². The zero-order valence-electron chi connectivity index (χ0n) is 21.1. The van der Waals surface area contributed by atoms with E-state index in [1.54, 1.807) is 30.3 Å². The van der Waals surface area contributed by atoms with Crippen LogP contribution < -0.4 is 16.4 Å². The highest BCUT2D eigenvalue weighted by Gasteiger charge is 2.40. The Bertz CT molecular complexity index is 1190. The highest BCUT2D eigenvalue weighted by atomic mass is 32.2. The molecule has 0 spiro atoms. The van der Waals surface area contributed by atoms with Crippen molar-refractivity contribution in [3.63, 3.8) is 0 Å². The van der Waals surface area contributed by atoms with Gasteiger partial charge in [0, 0.05) is 26.1 Å². The fourth-order valence-electron chi connectivity index (χ4n) is 4.24. The van der Waals surface area contributed by atoms with Gasteiger partial charge in [-0.25, -0.2) is 13.2 Å². The number of carboxylic acids is 1. The highest BCUT2D eigenvalue weighted by Crippen LogP contribution is 2.26. The maximum Gasteiger partial charge on any atom is 0.326 e. The molecule has 2 aromatic carbocycles. The summed E-state index contributed by atoms with van der Waals surface area (Å²) in [6.07, 6.45) is 2.55. The second-order valence-corrected chi connectivity index (χ2v) is 11.0. The van der Waals surface area contributed by atoms with E-state index in [1.165, 1.54) is 12.1 Å². The predicted octanol–water partition coefficient (Wildman–Crippen LogP) is 1.43. The van der Waals surface area contributed by atoms with Crippen molar-refractivity contribution in [3.05, 3.63) is 65.7 Å². The van der Waals surface area contributed by atoms with Crippen LogP contribution in [0.3, 0.4) is 0 Å². The summed E-state index contributed by atoms with van der Waals surface area (Å²) in [5, 5.41) is 22.1. The van der Waals surface area contributed by atoms with Crippen molar-refractivity contribution in [2.75, 3.05) is 19.7 Å². The van der Waals surface area contributed by atoms with Crippen molar-refractivity contribution >= 4 is 27.9 Å². The number of amides is 1. The molecular weight excluding hydrogens is 510 g/mol. The number of carbonyl (C=O) groups excluding carboxylic acids is 1. The quantitative estimate of drug-likeness (QED) is 0.135. The van der Waals surface area contributed by atoms with Crippen LogP contribution in [0.4, 0.5) is 0 Å². The lowest BCUT2D eigenvalue weighted by Crippen LogP contribution is -2.51. The van der Waals surface area contributed by atoms with Gasteiger partial charge in [-0.05, 0) is 48.9 Å². The van der Waals surface area contributed by atoms with Crippen molar-refractivity contribution in [3.8, 4) is 0 Å². The summed E-state index contributed by atoms with van der Waals surface area (Å²) in [5.74, 6) is -1.86. The van der Waals surface area contributed by atoms with Gasteiger partial charge in [0.1, 0.15) is 12.1 Å². The summed E-state index contributed by atoms with van der Waals surface area (Å²) in [7, 11) is -3.87. The minimum Gasteiger partial charge on any atom is -0.480 e. The number of benzene rings is 2. The molecule has 12 heteroatoms. The third-order valence-electron chi connectivity index (χ3n) is 6.23. The first-order valence-corrected chi connectivity index (χ1v) is 14.0. The van der Waals surface area contributed by atoms with E-state index in [-0.39, 0.29) is 23.8 Å². The SMILES string of the molecule is N=C(N)NCCCCOCc1ccc(C[C@H](NC(=O)[C@@H]2CCCN2S(=O)(=O)c2ccccc2)C(=O)O)cc1. The molecule has 0 aliphatic carbocycles. The molecular formula is C26H35N5O6S. The fourth-order valence-corrected chi connectivity index (χ4v) is 5.91. The first-order chi connectivity index (χ1) is 18.2. The molecule has 6 N–H and O–H groups in total. The van der Waals surface area contributed by atoms with Crippen LogP contribution in [0.2, 0.25) is 0 Å². The van der Waals surface area contributed by atoms with Crippen LogP contribution in [-0.4, -0.2) is 67.4 Å². The Kier molecular flexibility index (Phi) is 10.6. The normalized spacial score (nSPS) is 16.6. The maximum atomic E-state index is 13.1. The van der Waals surface area contributed by atoms with E-state index in [2.05, 4.69) is 10.6 Å². The van der Waals surface area contributed by atoms with Crippen molar-refractivity contribution in [1.29, 1.82) is 5.41 Å². The Morgan fingerprint density at radius 3 is 2.45 bits per heavy atom. The Morgan fingerprint density at radius 2 is 1.79 bits per heavy atom. The van der Waals surface area contributed by atoms with E-state index >= 15 is 0 Å². The molecule has 206 valence electrons. The zero-order valence-corrected chi connectivity index (χ0v) is 22.0. The molecule has 3 rings (SSSR count). The molecule has 0 aromatic heterocycles. The van der Waals surface area contributed by atoms with Gasteiger partial charge >= 0.3 is 5.97 Å². The van der Waals surface area contributed by atoms with Gasteiger partial charge in [-0.3, -0.25) is 10.2 Å². The summed E-state index contributed by atoms with van der Waals surface area (Å²) in [5.41, 5.74) is 6.87. The lowest BCUT2D eigenvalue weighted by Gasteiger charge is -2.25. The molecule has 0 bridgehead atoms. The number of carbonyl (C=O) groups is 2. The molecule has 0 unspecified atom stereocenters. The van der Waals surface area contributed by atoms with Gasteiger partial charge in [-0.2, -0.15) is 4.31 Å². The topological polar surface area (TPSA) is 175 Å². The van der Waals surface area contributed by atoms with E-state index in [4.69, 9.17) is 15.9 Å². The standard InChI is InChI=1S/C26H35N5O6S/c27-26(28)29-14-4-5-16-37-18-20-12-10-19(11-13-20)17-22(25(33)34)30-24(32)23-9-6-15-31(23)38(35,36)21-7-2-1-3-8-21/h1-3,7-8,10-13,22-23H,4-6,9,14-18H2,(H,30,32)(H,33,34)(H4,27,28,29)/t22-,23-/m0/s1. The third kappa shape index (κ3) is 8.27. The molecule has 1 amide bonds. The summed E-state index contributed by atoms with van der Waals surface area (Å²) in [4.78, 5) is 25.0. The molecule has 1 heterocycles. The average Bonchev–Trinajstić information content (AvgIpc) is 3.40. The van der Waals surface area contributed by atoms with E-state index in [9.17, 15) is 23.1 Å². The summed E-state index contributed by atoms with van der Waals surface area (Å²) >= 11 is 0. The van der Waals surface area contributed by atoms with Crippen LogP contribution >= 0.6 is 0 Å². The molecule has 38 heavy (non-hydrogen) atoms. The zero-order chi connectivity index (χ0) is 27.5. The Balaban J connectivity index is 1.52. The van der Waals surface area contributed by atoms with Gasteiger partial charge in [-0.15, -0.1) is 0 Å². The number of nitrogens with one attached hydrogen (secondary N) is 3. The Hall–Kier alpha value is -3.48. The number of aliphatic carboxylic acids is 1. The third-order valence-corrected chi connectivity index (χ3v) is 8.16. The van der Waals surface area contributed by atoms with Gasteiger partial charge in [0.15, 0.2) is 5.96 Å². The molecule has 1 fully saturated rings. The van der Waals surface area contributed by atoms with E-state index in [1.807, 2.05) is 12.1 Å². The molecule has 1 aliphatic rings. The summed E-state index contributed by atoms with van der Waals surface area (Å²) < 4.78 is 32.9.